The Bertz CT molecular complexity index is 850. The molecule has 2 rings (SSSR count). The molecular weight excluding hydrogens is 384 g/mol. The lowest BCUT2D eigenvalue weighted by Gasteiger charge is -2.23. The van der Waals surface area contributed by atoms with Crippen LogP contribution in [0.4, 0.5) is 5.69 Å². The molecule has 2 amide bonds. The van der Waals surface area contributed by atoms with Gasteiger partial charge in [-0.3, -0.25) is 9.59 Å². The molecule has 160 valence electrons. The summed E-state index contributed by atoms with van der Waals surface area (Å²) < 4.78 is 10.7. The van der Waals surface area contributed by atoms with E-state index < -0.39 is 29.9 Å². The number of carbonyl (C=O) groups excluding carboxylic acids is 3. The van der Waals surface area contributed by atoms with Crippen LogP contribution in [0.1, 0.15) is 38.1 Å². The third kappa shape index (κ3) is 6.62. The number of esters is 1. The van der Waals surface area contributed by atoms with Crippen molar-refractivity contribution in [3.05, 3.63) is 60.2 Å². The van der Waals surface area contributed by atoms with Gasteiger partial charge in [-0.2, -0.15) is 0 Å². The molecule has 0 aromatic heterocycles. The van der Waals surface area contributed by atoms with Crippen molar-refractivity contribution in [2.75, 3.05) is 11.9 Å². The number of para-hydroxylation sites is 1. The van der Waals surface area contributed by atoms with E-state index in [0.717, 1.165) is 0 Å². The quantitative estimate of drug-likeness (QED) is 0.616. The first kappa shape index (κ1) is 22.9. The van der Waals surface area contributed by atoms with Gasteiger partial charge in [-0.15, -0.1) is 0 Å². The molecule has 0 radical (unpaired) electrons. The van der Waals surface area contributed by atoms with E-state index >= 15 is 0 Å². The second-order valence-corrected chi connectivity index (χ2v) is 7.09. The summed E-state index contributed by atoms with van der Waals surface area (Å²) in [5.41, 5.74) is 1.00. The second-order valence-electron chi connectivity index (χ2n) is 7.09. The molecule has 2 aromatic carbocycles. The number of carbonyl (C=O) groups is 3. The van der Waals surface area contributed by atoms with Crippen LogP contribution in [-0.2, 0) is 14.3 Å². The van der Waals surface area contributed by atoms with Crippen LogP contribution >= 0.6 is 0 Å². The monoisotopic (exact) mass is 412 g/mol. The van der Waals surface area contributed by atoms with Crippen LogP contribution in [0.3, 0.4) is 0 Å². The molecule has 0 aliphatic rings. The van der Waals surface area contributed by atoms with Crippen molar-refractivity contribution >= 4 is 23.5 Å². The maximum absolute atomic E-state index is 12.6. The minimum Gasteiger partial charge on any atom is -0.494 e. The fourth-order valence-electron chi connectivity index (χ4n) is 2.66. The predicted octanol–water partition coefficient (Wildman–Crippen LogP) is 3.41. The lowest BCUT2D eigenvalue weighted by atomic mass is 10.0. The van der Waals surface area contributed by atoms with Crippen molar-refractivity contribution in [1.82, 2.24) is 5.32 Å². The summed E-state index contributed by atoms with van der Waals surface area (Å²) in [6, 6.07) is 14.6. The Morgan fingerprint density at radius 2 is 1.57 bits per heavy atom. The first-order valence-electron chi connectivity index (χ1n) is 9.92. The Kier molecular flexibility index (Phi) is 8.41. The zero-order valence-electron chi connectivity index (χ0n) is 17.7. The molecule has 0 aliphatic carbocycles. The third-order valence-corrected chi connectivity index (χ3v) is 4.34. The molecule has 2 N–H and O–H groups in total. The Hall–Kier alpha value is -3.35. The van der Waals surface area contributed by atoms with Gasteiger partial charge in [0.1, 0.15) is 11.8 Å². The van der Waals surface area contributed by atoms with Gasteiger partial charge in [0.25, 0.3) is 11.8 Å². The van der Waals surface area contributed by atoms with Crippen LogP contribution < -0.4 is 15.4 Å². The molecule has 0 bridgehead atoms. The van der Waals surface area contributed by atoms with E-state index in [9.17, 15) is 14.4 Å². The highest BCUT2D eigenvalue weighted by atomic mass is 16.5. The Morgan fingerprint density at radius 3 is 2.13 bits per heavy atom. The molecule has 0 fully saturated rings. The van der Waals surface area contributed by atoms with E-state index in [1.165, 1.54) is 6.92 Å². The van der Waals surface area contributed by atoms with E-state index in [4.69, 9.17) is 9.47 Å². The van der Waals surface area contributed by atoms with Gasteiger partial charge in [0, 0.05) is 11.3 Å². The average Bonchev–Trinajstić information content (AvgIpc) is 2.73. The van der Waals surface area contributed by atoms with Gasteiger partial charge in [0.2, 0.25) is 0 Å². The first-order chi connectivity index (χ1) is 14.3. The molecule has 0 aliphatic heterocycles. The van der Waals surface area contributed by atoms with Gasteiger partial charge in [0.15, 0.2) is 6.10 Å². The summed E-state index contributed by atoms with van der Waals surface area (Å²) in [6.45, 7) is 7.48. The highest BCUT2D eigenvalue weighted by Crippen LogP contribution is 2.14. The van der Waals surface area contributed by atoms with E-state index in [1.54, 1.807) is 62.4 Å². The van der Waals surface area contributed by atoms with Crippen LogP contribution in [0.5, 0.6) is 5.75 Å². The number of ether oxygens (including phenoxy) is 2. The van der Waals surface area contributed by atoms with Crippen LogP contribution in [0.15, 0.2) is 54.6 Å². The minimum atomic E-state index is -1.01. The summed E-state index contributed by atoms with van der Waals surface area (Å²) in [6.07, 6.45) is -1.01. The maximum Gasteiger partial charge on any atom is 0.329 e. The molecule has 0 saturated heterocycles. The topological polar surface area (TPSA) is 93.7 Å². The molecule has 30 heavy (non-hydrogen) atoms. The SMILES string of the molecule is CCOc1ccc(C(=O)N[C@H](C(=O)O[C@@H](C)C(=O)Nc2ccccc2)C(C)C)cc1. The summed E-state index contributed by atoms with van der Waals surface area (Å²) >= 11 is 0. The highest BCUT2D eigenvalue weighted by Gasteiger charge is 2.29. The maximum atomic E-state index is 12.6. The van der Waals surface area contributed by atoms with Crippen LogP contribution in [0.25, 0.3) is 0 Å². The first-order valence-corrected chi connectivity index (χ1v) is 9.92. The van der Waals surface area contributed by atoms with Crippen molar-refractivity contribution in [3.63, 3.8) is 0 Å². The van der Waals surface area contributed by atoms with Crippen LogP contribution in [0.2, 0.25) is 0 Å². The summed E-state index contributed by atoms with van der Waals surface area (Å²) in [7, 11) is 0. The van der Waals surface area contributed by atoms with Crippen molar-refractivity contribution in [3.8, 4) is 5.75 Å². The Morgan fingerprint density at radius 1 is 0.933 bits per heavy atom. The standard InChI is InChI=1S/C23H28N2O5/c1-5-29-19-13-11-17(12-14-19)22(27)25-20(15(2)3)23(28)30-16(4)21(26)24-18-9-7-6-8-10-18/h6-16,20H,5H2,1-4H3,(H,24,26)(H,25,27)/t16-,20-/m0/s1. The summed E-state index contributed by atoms with van der Waals surface area (Å²) in [4.78, 5) is 37.5. The van der Waals surface area contributed by atoms with Gasteiger partial charge >= 0.3 is 5.97 Å². The second kappa shape index (κ2) is 11.0. The third-order valence-electron chi connectivity index (χ3n) is 4.34. The van der Waals surface area contributed by atoms with Crippen molar-refractivity contribution in [2.45, 2.75) is 39.8 Å². The fraction of sp³-hybridized carbons (Fsp3) is 0.348. The molecule has 0 heterocycles. The number of rotatable bonds is 9. The summed E-state index contributed by atoms with van der Waals surface area (Å²) in [5, 5.41) is 5.37. The van der Waals surface area contributed by atoms with Gasteiger partial charge in [-0.25, -0.2) is 4.79 Å². The minimum absolute atomic E-state index is 0.228. The Balaban J connectivity index is 1.98. The molecular formula is C23H28N2O5. The molecule has 2 atom stereocenters. The molecule has 0 saturated carbocycles. The van der Waals surface area contributed by atoms with Crippen molar-refractivity contribution in [2.24, 2.45) is 5.92 Å². The van der Waals surface area contributed by atoms with Crippen LogP contribution in [-0.4, -0.2) is 36.5 Å². The number of nitrogens with one attached hydrogen (secondary N) is 2. The molecule has 7 heteroatoms. The largest absolute Gasteiger partial charge is 0.494 e. The zero-order valence-corrected chi connectivity index (χ0v) is 17.7. The van der Waals surface area contributed by atoms with Gasteiger partial charge in [-0.1, -0.05) is 32.0 Å². The van der Waals surface area contributed by atoms with E-state index in [1.807, 2.05) is 13.0 Å². The fourth-order valence-corrected chi connectivity index (χ4v) is 2.66. The lowest BCUT2D eigenvalue weighted by Crippen LogP contribution is -2.47. The van der Waals surface area contributed by atoms with Crippen LogP contribution in [0, 0.1) is 5.92 Å². The summed E-state index contributed by atoms with van der Waals surface area (Å²) in [5.74, 6) is -1.09. The van der Waals surface area contributed by atoms with Crippen molar-refractivity contribution < 1.29 is 23.9 Å². The average molecular weight is 412 g/mol. The zero-order chi connectivity index (χ0) is 22.1. The molecule has 2 aromatic rings. The molecule has 0 unspecified atom stereocenters. The van der Waals surface area contributed by atoms with Crippen molar-refractivity contribution in [1.29, 1.82) is 0 Å². The predicted molar refractivity (Wildman–Crippen MR) is 114 cm³/mol. The normalized spacial score (nSPS) is 12.6. The number of hydrogen-bond donors (Lipinski definition) is 2. The highest BCUT2D eigenvalue weighted by molar-refractivity contribution is 5.98. The smallest absolute Gasteiger partial charge is 0.329 e. The number of anilines is 1. The Labute approximate surface area is 176 Å². The number of amides is 2. The van der Waals surface area contributed by atoms with Gasteiger partial charge < -0.3 is 20.1 Å². The number of hydrogen-bond acceptors (Lipinski definition) is 5. The van der Waals surface area contributed by atoms with E-state index in [-0.39, 0.29) is 5.92 Å². The lowest BCUT2D eigenvalue weighted by molar-refractivity contribution is -0.156. The van der Waals surface area contributed by atoms with E-state index in [2.05, 4.69) is 10.6 Å². The number of benzene rings is 2. The molecule has 7 nitrogen and oxygen atoms in total. The molecule has 0 spiro atoms. The van der Waals surface area contributed by atoms with Gasteiger partial charge in [-0.05, 0) is 56.2 Å². The van der Waals surface area contributed by atoms with E-state index in [0.29, 0.717) is 23.6 Å². The van der Waals surface area contributed by atoms with Gasteiger partial charge in [0.05, 0.1) is 6.61 Å².